The normalized spacial score (nSPS) is 12.3. The Bertz CT molecular complexity index is 678. The van der Waals surface area contributed by atoms with Gasteiger partial charge >= 0.3 is 5.97 Å². The van der Waals surface area contributed by atoms with Gasteiger partial charge in [0.1, 0.15) is 5.69 Å². The molecule has 0 saturated carbocycles. The first kappa shape index (κ1) is 16.0. The van der Waals surface area contributed by atoms with Crippen molar-refractivity contribution in [3.63, 3.8) is 0 Å². The number of carbonyl (C=O) groups excluding carboxylic acids is 1. The third kappa shape index (κ3) is 3.28. The molecule has 0 spiro atoms. The Hall–Kier alpha value is -2.34. The first-order valence-electron chi connectivity index (χ1n) is 7.28. The monoisotopic (exact) mass is 304 g/mol. The maximum Gasteiger partial charge on any atom is 0.308 e. The zero-order chi connectivity index (χ0) is 16.1. The van der Waals surface area contributed by atoms with Gasteiger partial charge in [-0.15, -0.1) is 0 Å². The number of aliphatic carboxylic acids is 1. The van der Waals surface area contributed by atoms with Crippen LogP contribution < -0.4 is 5.32 Å². The second-order valence-corrected chi connectivity index (χ2v) is 5.09. The van der Waals surface area contributed by atoms with E-state index >= 15 is 0 Å². The number of benzene rings is 1. The van der Waals surface area contributed by atoms with Crippen molar-refractivity contribution in [2.24, 2.45) is 5.92 Å². The number of carbonyl (C=O) groups is 2. The Morgan fingerprint density at radius 2 is 2.05 bits per heavy atom. The topological polar surface area (TPSA) is 91.6 Å². The Morgan fingerprint density at radius 1 is 1.32 bits per heavy atom. The van der Waals surface area contributed by atoms with Gasteiger partial charge < -0.3 is 20.1 Å². The second-order valence-electron chi connectivity index (χ2n) is 5.09. The summed E-state index contributed by atoms with van der Waals surface area (Å²) >= 11 is 0. The van der Waals surface area contributed by atoms with Crippen LogP contribution in [0.3, 0.4) is 0 Å². The fourth-order valence-electron chi connectivity index (χ4n) is 2.51. The van der Waals surface area contributed by atoms with Gasteiger partial charge in [0.2, 0.25) is 0 Å². The molecule has 0 bridgehead atoms. The van der Waals surface area contributed by atoms with Crippen LogP contribution in [0.25, 0.3) is 10.9 Å². The van der Waals surface area contributed by atoms with E-state index in [1.807, 2.05) is 35.8 Å². The van der Waals surface area contributed by atoms with E-state index in [9.17, 15) is 9.59 Å². The molecular formula is C16H20N2O4. The minimum absolute atomic E-state index is 0.0000335. The van der Waals surface area contributed by atoms with Gasteiger partial charge in [-0.25, -0.2) is 0 Å². The van der Waals surface area contributed by atoms with Crippen LogP contribution >= 0.6 is 0 Å². The van der Waals surface area contributed by atoms with E-state index in [-0.39, 0.29) is 25.5 Å². The number of hydrogen-bond acceptors (Lipinski definition) is 3. The average Bonchev–Trinajstić information content (AvgIpc) is 2.89. The molecule has 1 aromatic carbocycles. The molecule has 22 heavy (non-hydrogen) atoms. The smallest absolute Gasteiger partial charge is 0.308 e. The van der Waals surface area contributed by atoms with Crippen molar-refractivity contribution in [3.8, 4) is 0 Å². The quantitative estimate of drug-likeness (QED) is 0.722. The van der Waals surface area contributed by atoms with Gasteiger partial charge in [0.15, 0.2) is 0 Å². The van der Waals surface area contributed by atoms with E-state index < -0.39 is 11.9 Å². The number of amides is 1. The maximum absolute atomic E-state index is 12.3. The Balaban J connectivity index is 2.17. The van der Waals surface area contributed by atoms with E-state index in [2.05, 4.69) is 5.32 Å². The lowest BCUT2D eigenvalue weighted by molar-refractivity contribution is -0.142. The molecule has 0 fully saturated rings. The molecule has 3 N–H and O–H groups in total. The summed E-state index contributed by atoms with van der Waals surface area (Å²) in [5, 5.41) is 21.5. The summed E-state index contributed by atoms with van der Waals surface area (Å²) in [4.78, 5) is 23.4. The number of fused-ring (bicyclic) bond motifs is 1. The van der Waals surface area contributed by atoms with Gasteiger partial charge in [0.05, 0.1) is 5.92 Å². The van der Waals surface area contributed by atoms with Gasteiger partial charge in [-0.3, -0.25) is 9.59 Å². The van der Waals surface area contributed by atoms with Crippen molar-refractivity contribution in [3.05, 3.63) is 36.0 Å². The molecule has 2 aromatic rings. The van der Waals surface area contributed by atoms with Crippen molar-refractivity contribution >= 4 is 22.8 Å². The van der Waals surface area contributed by atoms with Crippen LogP contribution in [-0.4, -0.2) is 39.8 Å². The molecule has 0 aliphatic rings. The molecule has 1 unspecified atom stereocenters. The Labute approximate surface area is 128 Å². The molecular weight excluding hydrogens is 284 g/mol. The number of rotatable bonds is 7. The summed E-state index contributed by atoms with van der Waals surface area (Å²) in [5.74, 6) is -2.11. The largest absolute Gasteiger partial charge is 0.481 e. The van der Waals surface area contributed by atoms with E-state index in [1.165, 1.54) is 0 Å². The lowest BCUT2D eigenvalue weighted by atomic mass is 10.1. The molecule has 1 heterocycles. The minimum atomic E-state index is -1.02. The van der Waals surface area contributed by atoms with Crippen LogP contribution in [-0.2, 0) is 11.3 Å². The maximum atomic E-state index is 12.3. The summed E-state index contributed by atoms with van der Waals surface area (Å²) < 4.78 is 1.90. The number of aliphatic hydroxyl groups is 1. The molecule has 6 heteroatoms. The summed E-state index contributed by atoms with van der Waals surface area (Å²) in [7, 11) is 0. The van der Waals surface area contributed by atoms with Crippen LogP contribution in [0, 0.1) is 5.92 Å². The number of nitrogens with one attached hydrogen (secondary N) is 1. The molecule has 1 aromatic heterocycles. The van der Waals surface area contributed by atoms with Crippen molar-refractivity contribution in [2.45, 2.75) is 19.9 Å². The third-order valence-corrected chi connectivity index (χ3v) is 3.70. The summed E-state index contributed by atoms with van der Waals surface area (Å²) in [6.07, 6.45) is 0.117. The Morgan fingerprint density at radius 3 is 2.68 bits per heavy atom. The van der Waals surface area contributed by atoms with E-state index in [0.717, 1.165) is 10.9 Å². The van der Waals surface area contributed by atoms with Crippen molar-refractivity contribution < 1.29 is 19.8 Å². The van der Waals surface area contributed by atoms with Crippen LogP contribution in [0.15, 0.2) is 30.3 Å². The summed E-state index contributed by atoms with van der Waals surface area (Å²) in [6, 6.07) is 9.51. The second kappa shape index (κ2) is 7.09. The van der Waals surface area contributed by atoms with Crippen molar-refractivity contribution in [1.29, 1.82) is 0 Å². The van der Waals surface area contributed by atoms with Crippen LogP contribution in [0.5, 0.6) is 0 Å². The molecule has 1 amide bonds. The fourth-order valence-corrected chi connectivity index (χ4v) is 2.51. The zero-order valence-electron chi connectivity index (χ0n) is 12.5. The molecule has 0 aliphatic carbocycles. The fraction of sp³-hybridized carbons (Fsp3) is 0.375. The van der Waals surface area contributed by atoms with Crippen LogP contribution in [0.4, 0.5) is 0 Å². The standard InChI is InChI=1S/C16H20N2O4/c1-2-18-13-6-4-3-5-11(13)9-14(18)15(20)17-10-12(7-8-19)16(21)22/h3-6,9,12,19H,2,7-8,10H2,1H3,(H,17,20)(H,21,22). The number of carboxylic acid groups (broad SMARTS) is 1. The predicted octanol–water partition coefficient (Wildman–Crippen LogP) is 1.47. The molecule has 0 radical (unpaired) electrons. The van der Waals surface area contributed by atoms with Gasteiger partial charge in [-0.2, -0.15) is 0 Å². The average molecular weight is 304 g/mol. The molecule has 0 saturated heterocycles. The first-order valence-corrected chi connectivity index (χ1v) is 7.28. The molecule has 2 rings (SSSR count). The molecule has 1 atom stereocenters. The lowest BCUT2D eigenvalue weighted by Gasteiger charge is -2.13. The van der Waals surface area contributed by atoms with Gasteiger partial charge in [0, 0.05) is 30.6 Å². The highest BCUT2D eigenvalue weighted by Gasteiger charge is 2.20. The highest BCUT2D eigenvalue weighted by molar-refractivity contribution is 5.98. The number of carboxylic acids is 1. The number of aliphatic hydroxyl groups excluding tert-OH is 1. The van der Waals surface area contributed by atoms with Gasteiger partial charge in [-0.1, -0.05) is 18.2 Å². The number of para-hydroxylation sites is 1. The highest BCUT2D eigenvalue weighted by Crippen LogP contribution is 2.19. The molecule has 6 nitrogen and oxygen atoms in total. The number of nitrogens with zero attached hydrogens (tertiary/aromatic N) is 1. The van der Waals surface area contributed by atoms with Crippen LogP contribution in [0.1, 0.15) is 23.8 Å². The lowest BCUT2D eigenvalue weighted by Crippen LogP contribution is -2.34. The number of aromatic nitrogens is 1. The van der Waals surface area contributed by atoms with Crippen LogP contribution in [0.2, 0.25) is 0 Å². The third-order valence-electron chi connectivity index (χ3n) is 3.70. The van der Waals surface area contributed by atoms with E-state index in [1.54, 1.807) is 6.07 Å². The van der Waals surface area contributed by atoms with E-state index in [0.29, 0.717) is 12.2 Å². The Kier molecular flexibility index (Phi) is 5.16. The van der Waals surface area contributed by atoms with E-state index in [4.69, 9.17) is 10.2 Å². The minimum Gasteiger partial charge on any atom is -0.481 e. The zero-order valence-corrected chi connectivity index (χ0v) is 12.5. The highest BCUT2D eigenvalue weighted by atomic mass is 16.4. The first-order chi connectivity index (χ1) is 10.6. The molecule has 118 valence electrons. The van der Waals surface area contributed by atoms with Crippen molar-refractivity contribution in [1.82, 2.24) is 9.88 Å². The number of hydrogen-bond donors (Lipinski definition) is 3. The molecule has 0 aliphatic heterocycles. The van der Waals surface area contributed by atoms with Gasteiger partial charge in [-0.05, 0) is 25.5 Å². The van der Waals surface area contributed by atoms with Gasteiger partial charge in [0.25, 0.3) is 5.91 Å². The number of aryl methyl sites for hydroxylation is 1. The summed E-state index contributed by atoms with van der Waals surface area (Å²) in [6.45, 7) is 2.38. The predicted molar refractivity (Wildman–Crippen MR) is 82.8 cm³/mol. The SMILES string of the molecule is CCn1c(C(=O)NCC(CCO)C(=O)O)cc2ccccc21. The van der Waals surface area contributed by atoms with Crippen molar-refractivity contribution in [2.75, 3.05) is 13.2 Å². The summed E-state index contributed by atoms with van der Waals surface area (Å²) in [5.41, 5.74) is 1.48.